The molecule has 5 nitrogen and oxygen atoms in total. The third-order valence-corrected chi connectivity index (χ3v) is 4.43. The highest BCUT2D eigenvalue weighted by Crippen LogP contribution is 2.34. The number of aromatic hydroxyl groups is 1. The van der Waals surface area contributed by atoms with Crippen LogP contribution in [-0.4, -0.2) is 32.2 Å². The Kier molecular flexibility index (Phi) is 6.33. The zero-order chi connectivity index (χ0) is 18.6. The fourth-order valence-corrected chi connectivity index (χ4v) is 2.86. The van der Waals surface area contributed by atoms with Crippen LogP contribution in [0.4, 0.5) is 0 Å². The van der Waals surface area contributed by atoms with Crippen LogP contribution in [0, 0.1) is 0 Å². The van der Waals surface area contributed by atoms with Crippen molar-refractivity contribution in [2.45, 2.75) is 0 Å². The van der Waals surface area contributed by atoms with Gasteiger partial charge in [0.25, 0.3) is 0 Å². The van der Waals surface area contributed by atoms with Crippen molar-refractivity contribution in [2.75, 3.05) is 21.3 Å². The summed E-state index contributed by atoms with van der Waals surface area (Å²) in [6.45, 7) is 0. The number of rotatable bonds is 6. The smallest absolute Gasteiger partial charge is 0.189 e. The van der Waals surface area contributed by atoms with Gasteiger partial charge in [0.15, 0.2) is 17.3 Å². The quantitative estimate of drug-likeness (QED) is 0.533. The van der Waals surface area contributed by atoms with Gasteiger partial charge in [-0.3, -0.25) is 4.79 Å². The average molecular weight is 428 g/mol. The van der Waals surface area contributed by atoms with Crippen LogP contribution in [-0.2, 0) is 0 Å². The molecule has 0 amide bonds. The second-order valence-corrected chi connectivity index (χ2v) is 6.19. The largest absolute Gasteiger partial charge is 0.504 e. The fraction of sp³-hybridized carbons (Fsp3) is 0.167. The van der Waals surface area contributed by atoms with E-state index in [0.29, 0.717) is 37.9 Å². The Morgan fingerprint density at radius 3 is 2.28 bits per heavy atom. The van der Waals surface area contributed by atoms with E-state index in [0.717, 1.165) is 0 Å². The van der Waals surface area contributed by atoms with Gasteiger partial charge in [-0.05, 0) is 35.9 Å². The molecule has 25 heavy (non-hydrogen) atoms. The summed E-state index contributed by atoms with van der Waals surface area (Å²) in [5.41, 5.74) is 0.980. The zero-order valence-corrected chi connectivity index (χ0v) is 16.1. The van der Waals surface area contributed by atoms with E-state index in [2.05, 4.69) is 15.9 Å². The van der Waals surface area contributed by atoms with Crippen molar-refractivity contribution < 1.29 is 24.1 Å². The topological polar surface area (TPSA) is 65.0 Å². The summed E-state index contributed by atoms with van der Waals surface area (Å²) in [4.78, 5) is 12.5. The van der Waals surface area contributed by atoms with Gasteiger partial charge in [0, 0.05) is 10.5 Å². The lowest BCUT2D eigenvalue weighted by molar-refractivity contribution is 0.104. The van der Waals surface area contributed by atoms with Crippen LogP contribution in [0.15, 0.2) is 34.8 Å². The van der Waals surface area contributed by atoms with Crippen LogP contribution in [0.3, 0.4) is 0 Å². The molecule has 0 saturated carbocycles. The van der Waals surface area contributed by atoms with Crippen molar-refractivity contribution in [3.05, 3.63) is 51.0 Å². The highest BCUT2D eigenvalue weighted by molar-refractivity contribution is 9.10. The van der Waals surface area contributed by atoms with E-state index in [1.807, 2.05) is 0 Å². The normalized spacial score (nSPS) is 10.8. The van der Waals surface area contributed by atoms with Gasteiger partial charge >= 0.3 is 0 Å². The molecule has 2 rings (SSSR count). The van der Waals surface area contributed by atoms with Crippen molar-refractivity contribution in [3.8, 4) is 23.0 Å². The molecule has 0 aliphatic rings. The summed E-state index contributed by atoms with van der Waals surface area (Å²) in [7, 11) is 4.40. The average Bonchev–Trinajstić information content (AvgIpc) is 2.60. The first-order chi connectivity index (χ1) is 11.9. The molecule has 2 aromatic rings. The Bertz CT molecular complexity index is 833. The van der Waals surface area contributed by atoms with Gasteiger partial charge in [-0.15, -0.1) is 0 Å². The van der Waals surface area contributed by atoms with Crippen molar-refractivity contribution in [1.29, 1.82) is 0 Å². The molecule has 0 saturated heterocycles. The lowest BCUT2D eigenvalue weighted by Crippen LogP contribution is -2.00. The second-order valence-electron chi connectivity index (χ2n) is 4.93. The lowest BCUT2D eigenvalue weighted by atomic mass is 10.1. The van der Waals surface area contributed by atoms with Gasteiger partial charge < -0.3 is 19.3 Å². The molecule has 0 heterocycles. The SMILES string of the molecule is COc1cc(/C=C/C(=O)c2cc(Cl)c(OC)cc2OC)c(Br)cc1O. The molecule has 1 N–H and O–H groups in total. The number of halogens is 2. The summed E-state index contributed by atoms with van der Waals surface area (Å²) in [6.07, 6.45) is 2.99. The van der Waals surface area contributed by atoms with Crippen LogP contribution < -0.4 is 14.2 Å². The van der Waals surface area contributed by atoms with Crippen molar-refractivity contribution in [2.24, 2.45) is 0 Å². The molecule has 2 aromatic carbocycles. The van der Waals surface area contributed by atoms with E-state index in [1.165, 1.54) is 39.5 Å². The maximum Gasteiger partial charge on any atom is 0.189 e. The van der Waals surface area contributed by atoms with Gasteiger partial charge in [-0.1, -0.05) is 27.5 Å². The Hall–Kier alpha value is -2.18. The number of benzene rings is 2. The van der Waals surface area contributed by atoms with Gasteiger partial charge in [0.1, 0.15) is 11.5 Å². The Labute approximate surface area is 158 Å². The number of methoxy groups -OCH3 is 3. The van der Waals surface area contributed by atoms with E-state index < -0.39 is 0 Å². The van der Waals surface area contributed by atoms with E-state index in [9.17, 15) is 9.90 Å². The summed E-state index contributed by atoms with van der Waals surface area (Å²) in [5.74, 6) is 0.797. The molecular weight excluding hydrogens is 412 g/mol. The number of ketones is 1. The first kappa shape index (κ1) is 19.1. The van der Waals surface area contributed by atoms with Gasteiger partial charge in [-0.2, -0.15) is 0 Å². The molecule has 0 aliphatic carbocycles. The number of hydrogen-bond donors (Lipinski definition) is 1. The zero-order valence-electron chi connectivity index (χ0n) is 13.8. The summed E-state index contributed by atoms with van der Waals surface area (Å²) < 4.78 is 16.0. The Morgan fingerprint density at radius 2 is 1.68 bits per heavy atom. The van der Waals surface area contributed by atoms with E-state index in [1.54, 1.807) is 18.2 Å². The maximum atomic E-state index is 12.5. The van der Waals surface area contributed by atoms with Crippen molar-refractivity contribution in [3.63, 3.8) is 0 Å². The molecule has 0 fully saturated rings. The Morgan fingerprint density at radius 1 is 1.04 bits per heavy atom. The number of ether oxygens (including phenoxy) is 3. The molecule has 132 valence electrons. The minimum Gasteiger partial charge on any atom is -0.504 e. The van der Waals surface area contributed by atoms with Crippen LogP contribution in [0.5, 0.6) is 23.0 Å². The maximum absolute atomic E-state index is 12.5. The van der Waals surface area contributed by atoms with Gasteiger partial charge in [0.05, 0.1) is 31.9 Å². The number of phenols is 1. The molecule has 0 aliphatic heterocycles. The number of carbonyl (C=O) groups is 1. The van der Waals surface area contributed by atoms with E-state index >= 15 is 0 Å². The highest BCUT2D eigenvalue weighted by atomic mass is 79.9. The standard InChI is InChI=1S/C18H16BrClO5/c1-23-16-9-17(24-2)13(20)7-11(16)14(21)5-4-10-6-18(25-3)15(22)8-12(10)19/h4-9,22H,1-3H3/b5-4+. The van der Waals surface area contributed by atoms with Crippen LogP contribution in [0.2, 0.25) is 5.02 Å². The molecule has 0 spiro atoms. The van der Waals surface area contributed by atoms with Crippen LogP contribution in [0.25, 0.3) is 6.08 Å². The molecular formula is C18H16BrClO5. The first-order valence-corrected chi connectivity index (χ1v) is 8.28. The monoisotopic (exact) mass is 426 g/mol. The molecule has 0 radical (unpaired) electrons. The minimum absolute atomic E-state index is 0.00135. The number of phenolic OH excluding ortho intramolecular Hbond substituents is 1. The molecule has 7 heteroatoms. The number of allylic oxidation sites excluding steroid dienone is 1. The second kappa shape index (κ2) is 8.27. The van der Waals surface area contributed by atoms with Crippen molar-refractivity contribution >= 4 is 39.4 Å². The first-order valence-electron chi connectivity index (χ1n) is 7.11. The molecule has 0 atom stereocenters. The predicted molar refractivity (Wildman–Crippen MR) is 100 cm³/mol. The van der Waals surface area contributed by atoms with Gasteiger partial charge in [0.2, 0.25) is 0 Å². The van der Waals surface area contributed by atoms with E-state index in [-0.39, 0.29) is 11.5 Å². The number of carbonyl (C=O) groups excluding carboxylic acids is 1. The molecule has 0 aromatic heterocycles. The van der Waals surface area contributed by atoms with Crippen molar-refractivity contribution in [1.82, 2.24) is 0 Å². The van der Waals surface area contributed by atoms with E-state index in [4.69, 9.17) is 25.8 Å². The minimum atomic E-state index is -0.291. The summed E-state index contributed by atoms with van der Waals surface area (Å²) in [6, 6.07) is 6.16. The Balaban J connectivity index is 2.37. The number of hydrogen-bond acceptors (Lipinski definition) is 5. The highest BCUT2D eigenvalue weighted by Gasteiger charge is 2.15. The van der Waals surface area contributed by atoms with Crippen LogP contribution >= 0.6 is 27.5 Å². The molecule has 0 bridgehead atoms. The molecule has 0 unspecified atom stereocenters. The summed E-state index contributed by atoms with van der Waals surface area (Å²) in [5, 5.41) is 10.0. The third kappa shape index (κ3) is 4.27. The lowest BCUT2D eigenvalue weighted by Gasteiger charge is -2.10. The summed E-state index contributed by atoms with van der Waals surface area (Å²) >= 11 is 9.43. The fourth-order valence-electron chi connectivity index (χ4n) is 2.16. The third-order valence-electron chi connectivity index (χ3n) is 3.45. The predicted octanol–water partition coefficient (Wildman–Crippen LogP) is 4.73. The van der Waals surface area contributed by atoms with Gasteiger partial charge in [-0.25, -0.2) is 0 Å². The van der Waals surface area contributed by atoms with Crippen LogP contribution in [0.1, 0.15) is 15.9 Å².